The van der Waals surface area contributed by atoms with Crippen LogP contribution in [0.1, 0.15) is 6.92 Å². The molecule has 0 spiro atoms. The average molecular weight is 218 g/mol. The number of benzene rings is 1. The van der Waals surface area contributed by atoms with E-state index >= 15 is 0 Å². The average Bonchev–Trinajstić information content (AvgIpc) is 2.29. The maximum Gasteiger partial charge on any atom is 0.341 e. The van der Waals surface area contributed by atoms with Gasteiger partial charge in [0.1, 0.15) is 0 Å². The van der Waals surface area contributed by atoms with E-state index in [0.717, 1.165) is 0 Å². The minimum atomic E-state index is -0.530. The van der Waals surface area contributed by atoms with Crippen molar-refractivity contribution in [2.75, 3.05) is 0 Å². The molecule has 16 heavy (non-hydrogen) atoms. The summed E-state index contributed by atoms with van der Waals surface area (Å²) >= 11 is 0. The van der Waals surface area contributed by atoms with Gasteiger partial charge in [-0.1, -0.05) is 18.2 Å². The van der Waals surface area contributed by atoms with E-state index in [1.165, 1.54) is 10.6 Å². The molecule has 5 nitrogen and oxygen atoms in total. The Labute approximate surface area is 91.1 Å². The molecule has 0 bridgehead atoms. The minimum absolute atomic E-state index is 0.161. The van der Waals surface area contributed by atoms with Crippen LogP contribution in [-0.2, 0) is 6.54 Å². The molecule has 0 aliphatic carbocycles. The van der Waals surface area contributed by atoms with Gasteiger partial charge >= 0.3 is 11.4 Å². The van der Waals surface area contributed by atoms with Crippen LogP contribution in [0.2, 0.25) is 0 Å². The van der Waals surface area contributed by atoms with Gasteiger partial charge in [-0.2, -0.15) is 4.57 Å². The van der Waals surface area contributed by atoms with Gasteiger partial charge in [0, 0.05) is 6.07 Å². The van der Waals surface area contributed by atoms with E-state index in [0.29, 0.717) is 17.3 Å². The molecular formula is C11H10N2O3. The van der Waals surface area contributed by atoms with E-state index in [1.807, 2.05) is 0 Å². The van der Waals surface area contributed by atoms with Crippen LogP contribution in [0, 0.1) is 10.1 Å². The van der Waals surface area contributed by atoms with Gasteiger partial charge in [0.25, 0.3) is 0 Å². The van der Waals surface area contributed by atoms with Crippen molar-refractivity contribution in [1.29, 1.82) is 0 Å². The first-order valence-corrected chi connectivity index (χ1v) is 4.92. The third kappa shape index (κ3) is 1.46. The zero-order valence-corrected chi connectivity index (χ0v) is 8.71. The van der Waals surface area contributed by atoms with Crippen molar-refractivity contribution in [2.45, 2.75) is 13.5 Å². The predicted molar refractivity (Wildman–Crippen MR) is 60.5 cm³/mol. The fourth-order valence-electron chi connectivity index (χ4n) is 1.74. The van der Waals surface area contributed by atoms with E-state index < -0.39 is 4.92 Å². The van der Waals surface area contributed by atoms with Crippen molar-refractivity contribution < 1.29 is 4.92 Å². The van der Waals surface area contributed by atoms with Crippen LogP contribution in [0.4, 0.5) is 5.82 Å². The van der Waals surface area contributed by atoms with E-state index in [2.05, 4.69) is 0 Å². The highest BCUT2D eigenvalue weighted by atomic mass is 16.6. The molecule has 82 valence electrons. The molecule has 0 aliphatic heterocycles. The third-order valence-corrected chi connectivity index (χ3v) is 2.50. The van der Waals surface area contributed by atoms with Gasteiger partial charge in [-0.15, -0.1) is 0 Å². The Morgan fingerprint density at radius 3 is 2.69 bits per heavy atom. The molecule has 1 heterocycles. The monoisotopic (exact) mass is 218 g/mol. The van der Waals surface area contributed by atoms with Gasteiger partial charge in [0.05, 0.1) is 11.9 Å². The van der Waals surface area contributed by atoms with E-state index in [9.17, 15) is 14.9 Å². The van der Waals surface area contributed by atoms with E-state index in [1.54, 1.807) is 31.2 Å². The Balaban J connectivity index is 2.93. The van der Waals surface area contributed by atoms with Gasteiger partial charge in [-0.3, -0.25) is 0 Å². The number of nitrogens with zero attached hydrogens (tertiary/aromatic N) is 2. The Kier molecular flexibility index (Phi) is 2.44. The number of hydrogen-bond acceptors (Lipinski definition) is 3. The molecule has 0 unspecified atom stereocenters. The van der Waals surface area contributed by atoms with Crippen LogP contribution < -0.4 is 5.56 Å². The Morgan fingerprint density at radius 1 is 1.38 bits per heavy atom. The lowest BCUT2D eigenvalue weighted by molar-refractivity contribution is -0.392. The molecule has 0 radical (unpaired) electrons. The number of rotatable bonds is 2. The first-order valence-electron chi connectivity index (χ1n) is 4.92. The Morgan fingerprint density at radius 2 is 2.06 bits per heavy atom. The van der Waals surface area contributed by atoms with Crippen molar-refractivity contribution in [2.24, 2.45) is 0 Å². The summed E-state index contributed by atoms with van der Waals surface area (Å²) in [5.74, 6) is -0.161. The number of nitro groups is 1. The molecule has 1 aromatic carbocycles. The number of fused-ring (bicyclic) bond motifs is 1. The summed E-state index contributed by atoms with van der Waals surface area (Å²) in [6.45, 7) is 2.00. The molecular weight excluding hydrogens is 208 g/mol. The normalized spacial score (nSPS) is 10.6. The summed E-state index contributed by atoms with van der Waals surface area (Å²) in [6.07, 6.45) is 0. The smallest absolute Gasteiger partial charge is 0.341 e. The lowest BCUT2D eigenvalue weighted by Gasteiger charge is -2.04. The highest BCUT2D eigenvalue weighted by Crippen LogP contribution is 2.17. The molecule has 2 rings (SSSR count). The number of aromatic nitrogens is 1. The molecule has 0 amide bonds. The Bertz CT molecular complexity index is 616. The van der Waals surface area contributed by atoms with Crippen molar-refractivity contribution >= 4 is 16.6 Å². The van der Waals surface area contributed by atoms with Crippen LogP contribution in [0.3, 0.4) is 0 Å². The fourth-order valence-corrected chi connectivity index (χ4v) is 1.74. The summed E-state index contributed by atoms with van der Waals surface area (Å²) in [7, 11) is 0. The van der Waals surface area contributed by atoms with Gasteiger partial charge in [0.15, 0.2) is 0 Å². The first-order chi connectivity index (χ1) is 7.65. The number of pyridine rings is 1. The molecule has 1 aromatic heterocycles. The van der Waals surface area contributed by atoms with E-state index in [4.69, 9.17) is 0 Å². The molecule has 5 heteroatoms. The maximum absolute atomic E-state index is 11.9. The minimum Gasteiger partial charge on any atom is -0.358 e. The van der Waals surface area contributed by atoms with Crippen molar-refractivity contribution in [3.05, 3.63) is 50.8 Å². The highest BCUT2D eigenvalue weighted by Gasteiger charge is 2.16. The predicted octanol–water partition coefficient (Wildman–Crippen LogP) is 1.93. The molecule has 0 fully saturated rings. The Hall–Kier alpha value is -2.17. The zero-order valence-electron chi connectivity index (χ0n) is 8.71. The maximum atomic E-state index is 11.9. The third-order valence-electron chi connectivity index (χ3n) is 2.50. The summed E-state index contributed by atoms with van der Waals surface area (Å²) < 4.78 is 1.17. The molecule has 2 aromatic rings. The van der Waals surface area contributed by atoms with Crippen LogP contribution in [0.15, 0.2) is 35.1 Å². The van der Waals surface area contributed by atoms with Gasteiger partial charge in [-0.05, 0) is 23.3 Å². The van der Waals surface area contributed by atoms with Crippen LogP contribution in [-0.4, -0.2) is 9.49 Å². The van der Waals surface area contributed by atoms with Gasteiger partial charge in [-0.25, -0.2) is 4.79 Å². The molecule has 0 saturated heterocycles. The van der Waals surface area contributed by atoms with Crippen molar-refractivity contribution in [1.82, 2.24) is 4.57 Å². The van der Waals surface area contributed by atoms with E-state index in [-0.39, 0.29) is 11.4 Å². The molecule has 0 saturated carbocycles. The SMILES string of the molecule is CCn1c([N+](=O)[O-])cc2ccccc2c1=O. The summed E-state index contributed by atoms with van der Waals surface area (Å²) in [5.41, 5.74) is -0.313. The van der Waals surface area contributed by atoms with Crippen molar-refractivity contribution in [3.8, 4) is 0 Å². The quantitative estimate of drug-likeness (QED) is 0.571. The van der Waals surface area contributed by atoms with Crippen molar-refractivity contribution in [3.63, 3.8) is 0 Å². The topological polar surface area (TPSA) is 65.1 Å². The van der Waals surface area contributed by atoms with Crippen LogP contribution in [0.25, 0.3) is 10.8 Å². The highest BCUT2D eigenvalue weighted by molar-refractivity contribution is 5.83. The summed E-state index contributed by atoms with van der Waals surface area (Å²) in [6, 6.07) is 8.30. The zero-order chi connectivity index (χ0) is 11.7. The molecule has 0 N–H and O–H groups in total. The summed E-state index contributed by atoms with van der Waals surface area (Å²) in [5, 5.41) is 11.9. The van der Waals surface area contributed by atoms with Crippen LogP contribution in [0.5, 0.6) is 0 Å². The molecule has 0 aliphatic rings. The lowest BCUT2D eigenvalue weighted by atomic mass is 10.1. The standard InChI is InChI=1S/C11H10N2O3/c1-2-12-10(13(15)16)7-8-5-3-4-6-9(8)11(12)14/h3-7H,2H2,1H3. The summed E-state index contributed by atoms with van der Waals surface area (Å²) in [4.78, 5) is 22.2. The molecule has 0 atom stereocenters. The van der Waals surface area contributed by atoms with Gasteiger partial charge in [0.2, 0.25) is 0 Å². The van der Waals surface area contributed by atoms with Crippen LogP contribution >= 0.6 is 0 Å². The second-order valence-corrected chi connectivity index (χ2v) is 3.40. The fraction of sp³-hybridized carbons (Fsp3) is 0.182. The van der Waals surface area contributed by atoms with Gasteiger partial charge < -0.3 is 10.1 Å². The lowest BCUT2D eigenvalue weighted by Crippen LogP contribution is -2.21. The number of hydrogen-bond donors (Lipinski definition) is 0. The first kappa shape index (κ1) is 10.4. The second-order valence-electron chi connectivity index (χ2n) is 3.40. The second kappa shape index (κ2) is 3.77. The largest absolute Gasteiger partial charge is 0.358 e.